The molecule has 0 spiro atoms. The molecule has 1 fully saturated rings. The minimum absolute atomic E-state index is 0.0742. The average Bonchev–Trinajstić information content (AvgIpc) is 2.91. The topological polar surface area (TPSA) is 97.8 Å². The molecule has 8 nitrogen and oxygen atoms in total. The Labute approximate surface area is 206 Å². The first-order valence-electron chi connectivity index (χ1n) is 11.6. The monoisotopic (exact) mass is 495 g/mol. The number of nitrogens with zero attached hydrogens (tertiary/aromatic N) is 2. The molecule has 3 aromatic rings. The quantitative estimate of drug-likeness (QED) is 0.465. The molecule has 9 heteroatoms. The van der Waals surface area contributed by atoms with Gasteiger partial charge in [-0.25, -0.2) is 8.42 Å². The van der Waals surface area contributed by atoms with Crippen molar-refractivity contribution in [1.82, 2.24) is 14.6 Å². The Bertz CT molecular complexity index is 1210. The molecule has 1 saturated heterocycles. The summed E-state index contributed by atoms with van der Waals surface area (Å²) < 4.78 is 37.9. The third-order valence-electron chi connectivity index (χ3n) is 5.67. The highest BCUT2D eigenvalue weighted by Crippen LogP contribution is 2.18. The number of sulfonamides is 1. The first kappa shape index (κ1) is 24.8. The molecular weight excluding hydrogens is 466 g/mol. The second-order valence-electron chi connectivity index (χ2n) is 8.19. The van der Waals surface area contributed by atoms with Crippen LogP contribution in [0.2, 0.25) is 0 Å². The fourth-order valence-corrected chi connectivity index (χ4v) is 5.10. The van der Waals surface area contributed by atoms with Gasteiger partial charge in [0.1, 0.15) is 12.4 Å². The molecule has 1 amide bonds. The number of carbonyl (C=O) groups is 1. The fraction of sp³-hybridized carbons (Fsp3) is 0.308. The molecule has 0 radical (unpaired) electrons. The van der Waals surface area contributed by atoms with Crippen LogP contribution in [0.5, 0.6) is 5.75 Å². The summed E-state index contributed by atoms with van der Waals surface area (Å²) in [6, 6.07) is 20.0. The van der Waals surface area contributed by atoms with Gasteiger partial charge in [0.25, 0.3) is 0 Å². The Morgan fingerprint density at radius 3 is 2.54 bits per heavy atom. The van der Waals surface area contributed by atoms with Gasteiger partial charge in [0.15, 0.2) is 0 Å². The van der Waals surface area contributed by atoms with Gasteiger partial charge >= 0.3 is 0 Å². The van der Waals surface area contributed by atoms with Crippen molar-refractivity contribution in [3.63, 3.8) is 0 Å². The molecular formula is C26H29N3O5S. The van der Waals surface area contributed by atoms with Crippen molar-refractivity contribution in [3.05, 3.63) is 89.7 Å². The van der Waals surface area contributed by atoms with Crippen molar-refractivity contribution in [2.24, 2.45) is 0 Å². The van der Waals surface area contributed by atoms with Crippen molar-refractivity contribution in [2.45, 2.75) is 30.9 Å². The molecule has 1 N–H and O–H groups in total. The summed E-state index contributed by atoms with van der Waals surface area (Å²) in [5.74, 6) is 0.643. The van der Waals surface area contributed by atoms with Gasteiger partial charge in [0, 0.05) is 32.3 Å². The van der Waals surface area contributed by atoms with E-state index in [-0.39, 0.29) is 10.8 Å². The molecule has 4 rings (SSSR count). The molecule has 0 aliphatic carbocycles. The molecule has 2 heterocycles. The Morgan fingerprint density at radius 1 is 1.00 bits per heavy atom. The molecule has 0 atom stereocenters. The zero-order valence-corrected chi connectivity index (χ0v) is 20.2. The van der Waals surface area contributed by atoms with Gasteiger partial charge in [-0.05, 0) is 53.9 Å². The Morgan fingerprint density at radius 2 is 1.80 bits per heavy atom. The summed E-state index contributed by atoms with van der Waals surface area (Å²) >= 11 is 0. The number of rotatable bonds is 10. The number of hydrogen-bond acceptors (Lipinski definition) is 6. The molecule has 184 valence electrons. The number of amides is 1. The number of pyridine rings is 1. The fourth-order valence-electron chi connectivity index (χ4n) is 3.70. The van der Waals surface area contributed by atoms with Crippen molar-refractivity contribution in [2.75, 3.05) is 26.3 Å². The van der Waals surface area contributed by atoms with E-state index in [2.05, 4.69) is 10.3 Å². The van der Waals surface area contributed by atoms with Gasteiger partial charge in [0.05, 0.1) is 23.8 Å². The Kier molecular flexibility index (Phi) is 8.46. The largest absolute Gasteiger partial charge is 0.487 e. The zero-order valence-electron chi connectivity index (χ0n) is 19.4. The zero-order chi connectivity index (χ0) is 24.5. The molecule has 1 aliphatic heterocycles. The molecule has 0 unspecified atom stereocenters. The highest BCUT2D eigenvalue weighted by atomic mass is 32.2. The van der Waals surface area contributed by atoms with Gasteiger partial charge in [-0.15, -0.1) is 0 Å². The molecule has 1 aromatic heterocycles. The van der Waals surface area contributed by atoms with Crippen LogP contribution in [0.15, 0.2) is 77.8 Å². The number of aryl methyl sites for hydroxylation is 1. The Hall–Kier alpha value is -3.27. The van der Waals surface area contributed by atoms with E-state index in [4.69, 9.17) is 9.47 Å². The first-order valence-corrected chi connectivity index (χ1v) is 13.0. The van der Waals surface area contributed by atoms with E-state index < -0.39 is 10.0 Å². The van der Waals surface area contributed by atoms with Crippen LogP contribution >= 0.6 is 0 Å². The lowest BCUT2D eigenvalue weighted by molar-refractivity contribution is -0.121. The van der Waals surface area contributed by atoms with Crippen molar-refractivity contribution in [3.8, 4) is 5.75 Å². The van der Waals surface area contributed by atoms with E-state index in [1.165, 1.54) is 4.31 Å². The summed E-state index contributed by atoms with van der Waals surface area (Å²) in [4.78, 5) is 16.9. The van der Waals surface area contributed by atoms with Crippen LogP contribution in [0, 0.1) is 0 Å². The van der Waals surface area contributed by atoms with Gasteiger partial charge in [-0.2, -0.15) is 4.31 Å². The normalized spacial score (nSPS) is 14.4. The molecule has 35 heavy (non-hydrogen) atoms. The second-order valence-corrected chi connectivity index (χ2v) is 10.1. The maximum Gasteiger partial charge on any atom is 0.243 e. The van der Waals surface area contributed by atoms with Crippen LogP contribution < -0.4 is 10.1 Å². The third-order valence-corrected chi connectivity index (χ3v) is 7.59. The van der Waals surface area contributed by atoms with Gasteiger partial charge in [0.2, 0.25) is 15.9 Å². The van der Waals surface area contributed by atoms with Gasteiger partial charge < -0.3 is 14.8 Å². The maximum atomic E-state index is 12.7. The maximum absolute atomic E-state index is 12.7. The van der Waals surface area contributed by atoms with Crippen molar-refractivity contribution >= 4 is 15.9 Å². The summed E-state index contributed by atoms with van der Waals surface area (Å²) in [5, 5.41) is 2.93. The number of ether oxygens (including phenoxy) is 2. The lowest BCUT2D eigenvalue weighted by Crippen LogP contribution is -2.40. The predicted octanol–water partition coefficient (Wildman–Crippen LogP) is 2.93. The highest BCUT2D eigenvalue weighted by Gasteiger charge is 2.26. The minimum Gasteiger partial charge on any atom is -0.487 e. The summed E-state index contributed by atoms with van der Waals surface area (Å²) in [6.45, 7) is 2.33. The molecule has 2 aromatic carbocycles. The van der Waals surface area contributed by atoms with E-state index in [0.29, 0.717) is 52.3 Å². The lowest BCUT2D eigenvalue weighted by atomic mass is 10.1. The number of carbonyl (C=O) groups excluding carboxylic acids is 1. The summed E-state index contributed by atoms with van der Waals surface area (Å²) in [7, 11) is -3.51. The summed E-state index contributed by atoms with van der Waals surface area (Å²) in [5.41, 5.74) is 2.69. The van der Waals surface area contributed by atoms with Crippen LogP contribution in [-0.4, -0.2) is 49.9 Å². The highest BCUT2D eigenvalue weighted by molar-refractivity contribution is 7.89. The number of benzene rings is 2. The van der Waals surface area contributed by atoms with Crippen molar-refractivity contribution in [1.29, 1.82) is 0 Å². The predicted molar refractivity (Wildman–Crippen MR) is 131 cm³/mol. The number of hydrogen-bond donors (Lipinski definition) is 1. The van der Waals surface area contributed by atoms with Gasteiger partial charge in [-0.3, -0.25) is 9.78 Å². The number of nitrogens with one attached hydrogen (secondary N) is 1. The van der Waals surface area contributed by atoms with Crippen LogP contribution in [0.25, 0.3) is 0 Å². The second kappa shape index (κ2) is 11.9. The Balaban J connectivity index is 1.23. The SMILES string of the molecule is O=C(CCc1ccc(S(=O)(=O)N2CCOCC2)cc1)NCc1cccc(OCc2ccccn2)c1. The standard InChI is InChI=1S/C26H29N3O5S/c30-26(28-19-22-4-3-6-24(18-22)34-20-23-5-1-2-13-27-23)12-9-21-7-10-25(11-8-21)35(31,32)29-14-16-33-17-15-29/h1-8,10-11,13,18H,9,12,14-17,19-20H2,(H,28,30). The molecule has 0 saturated carbocycles. The first-order chi connectivity index (χ1) is 17.0. The summed E-state index contributed by atoms with van der Waals surface area (Å²) in [6.07, 6.45) is 2.56. The molecule has 1 aliphatic rings. The van der Waals surface area contributed by atoms with Gasteiger partial charge in [-0.1, -0.05) is 30.3 Å². The molecule has 0 bridgehead atoms. The van der Waals surface area contributed by atoms with Crippen LogP contribution in [0.4, 0.5) is 0 Å². The van der Waals surface area contributed by atoms with E-state index in [1.54, 1.807) is 30.5 Å². The van der Waals surface area contributed by atoms with Crippen LogP contribution in [-0.2, 0) is 39.1 Å². The van der Waals surface area contributed by atoms with Crippen LogP contribution in [0.1, 0.15) is 23.2 Å². The third kappa shape index (κ3) is 7.11. The lowest BCUT2D eigenvalue weighted by Gasteiger charge is -2.26. The van der Waals surface area contributed by atoms with Crippen LogP contribution in [0.3, 0.4) is 0 Å². The van der Waals surface area contributed by atoms with E-state index in [0.717, 1.165) is 22.6 Å². The number of morpholine rings is 1. The number of aromatic nitrogens is 1. The average molecular weight is 496 g/mol. The van der Waals surface area contributed by atoms with Crippen molar-refractivity contribution < 1.29 is 22.7 Å². The van der Waals surface area contributed by atoms with E-state index in [9.17, 15) is 13.2 Å². The smallest absolute Gasteiger partial charge is 0.243 e. The van der Waals surface area contributed by atoms with E-state index >= 15 is 0 Å². The van der Waals surface area contributed by atoms with E-state index in [1.807, 2.05) is 42.5 Å². The minimum atomic E-state index is -3.51.